The fourth-order valence-electron chi connectivity index (χ4n) is 7.39. The van der Waals surface area contributed by atoms with E-state index >= 15 is 0 Å². The molecule has 1 amide bonds. The van der Waals surface area contributed by atoms with Crippen molar-refractivity contribution < 1.29 is 14.4 Å². The Morgan fingerprint density at radius 2 is 1.60 bits per heavy atom. The second-order valence-electron chi connectivity index (χ2n) is 11.7. The number of fused-ring (bicyclic) bond motifs is 6. The number of aryl methyl sites for hydroxylation is 2. The fourth-order valence-corrected chi connectivity index (χ4v) is 7.51. The summed E-state index contributed by atoms with van der Waals surface area (Å²) in [5.41, 5.74) is 5.01. The van der Waals surface area contributed by atoms with Crippen molar-refractivity contribution >= 4 is 46.5 Å². The number of hydrogen-bond donors (Lipinski definition) is 1. The minimum Gasteiger partial charge on any atom is -0.352 e. The summed E-state index contributed by atoms with van der Waals surface area (Å²) in [7, 11) is 0. The van der Waals surface area contributed by atoms with Crippen LogP contribution in [0, 0.1) is 12.8 Å². The molecule has 1 saturated heterocycles. The lowest BCUT2D eigenvalue weighted by Gasteiger charge is -2.37. The van der Waals surface area contributed by atoms with Gasteiger partial charge in [-0.2, -0.15) is 0 Å². The van der Waals surface area contributed by atoms with Crippen LogP contribution in [-0.2, 0) is 16.6 Å². The van der Waals surface area contributed by atoms with Gasteiger partial charge in [0.15, 0.2) is 11.6 Å². The number of nitrogens with one attached hydrogen (secondary N) is 1. The second-order valence-corrected chi connectivity index (χ2v) is 12.2. The van der Waals surface area contributed by atoms with Crippen LogP contribution < -0.4 is 10.2 Å². The van der Waals surface area contributed by atoms with Crippen LogP contribution in [0.1, 0.15) is 56.3 Å². The molecule has 1 fully saturated rings. The minimum atomic E-state index is -1.33. The highest BCUT2D eigenvalue weighted by atomic mass is 35.5. The topological polar surface area (TPSA) is 66.5 Å². The van der Waals surface area contributed by atoms with Gasteiger partial charge >= 0.3 is 0 Å². The Morgan fingerprint density at radius 1 is 0.907 bits per heavy atom. The first-order valence-electron chi connectivity index (χ1n) is 14.8. The molecule has 4 atom stereocenters. The van der Waals surface area contributed by atoms with Crippen LogP contribution in [0.5, 0.6) is 0 Å². The molecule has 0 aromatic heterocycles. The second kappa shape index (κ2) is 10.4. The van der Waals surface area contributed by atoms with Crippen molar-refractivity contribution in [2.75, 3.05) is 10.2 Å². The highest BCUT2D eigenvalue weighted by Gasteiger charge is 2.70. The van der Waals surface area contributed by atoms with Gasteiger partial charge in [0.25, 0.3) is 0 Å². The molecule has 5 nitrogen and oxygen atoms in total. The number of anilines is 2. The van der Waals surface area contributed by atoms with Crippen LogP contribution in [0.2, 0.25) is 5.02 Å². The SMILES string of the molecule is CCCc1ccc(C(=O)[C@@H]2[C@H](C(=O)c3ccc(Cl)cc3)N3c4ccc(C)cc4C=C[C@@H]3[C@]23C(=O)Nc2ccccc23)cc1. The van der Waals surface area contributed by atoms with Crippen LogP contribution in [0.25, 0.3) is 6.08 Å². The molecule has 0 aliphatic carbocycles. The molecular weight excluding hydrogens is 556 g/mol. The number of halogens is 1. The molecule has 0 saturated carbocycles. The first-order valence-corrected chi connectivity index (χ1v) is 15.1. The van der Waals surface area contributed by atoms with Gasteiger partial charge in [0.2, 0.25) is 5.91 Å². The van der Waals surface area contributed by atoms with Gasteiger partial charge in [0, 0.05) is 27.5 Å². The van der Waals surface area contributed by atoms with E-state index in [9.17, 15) is 14.4 Å². The van der Waals surface area contributed by atoms with E-state index in [1.54, 1.807) is 24.3 Å². The number of Topliss-reactive ketones (excluding diaryl/α,β-unsaturated/α-hetero) is 2. The summed E-state index contributed by atoms with van der Waals surface area (Å²) in [6.07, 6.45) is 5.93. The summed E-state index contributed by atoms with van der Waals surface area (Å²) in [6.45, 7) is 4.14. The number of para-hydroxylation sites is 1. The predicted molar refractivity (Wildman–Crippen MR) is 171 cm³/mol. The third-order valence-electron chi connectivity index (χ3n) is 9.25. The van der Waals surface area contributed by atoms with Crippen molar-refractivity contribution in [2.45, 2.75) is 44.2 Å². The van der Waals surface area contributed by atoms with E-state index in [4.69, 9.17) is 11.6 Å². The Labute approximate surface area is 256 Å². The maximum Gasteiger partial charge on any atom is 0.238 e. The summed E-state index contributed by atoms with van der Waals surface area (Å²) in [6, 6.07) is 26.5. The lowest BCUT2D eigenvalue weighted by Crippen LogP contribution is -2.51. The van der Waals surface area contributed by atoms with Crippen molar-refractivity contribution in [3.8, 4) is 0 Å². The van der Waals surface area contributed by atoms with Crippen LogP contribution in [0.15, 0.2) is 97.1 Å². The molecule has 3 aliphatic rings. The third kappa shape index (κ3) is 4.09. The maximum absolute atomic E-state index is 14.9. The molecular formula is C37H31ClN2O3. The summed E-state index contributed by atoms with van der Waals surface area (Å²) >= 11 is 6.20. The summed E-state index contributed by atoms with van der Waals surface area (Å²) < 4.78 is 0. The third-order valence-corrected chi connectivity index (χ3v) is 9.50. The van der Waals surface area contributed by atoms with E-state index < -0.39 is 23.4 Å². The first-order chi connectivity index (χ1) is 20.8. The smallest absolute Gasteiger partial charge is 0.238 e. The summed E-state index contributed by atoms with van der Waals surface area (Å²) in [5, 5.41) is 3.60. The van der Waals surface area contributed by atoms with Gasteiger partial charge in [-0.05, 0) is 72.5 Å². The summed E-state index contributed by atoms with van der Waals surface area (Å²) in [4.78, 5) is 46.2. The minimum absolute atomic E-state index is 0.223. The van der Waals surface area contributed by atoms with Crippen LogP contribution in [0.4, 0.5) is 11.4 Å². The first kappa shape index (κ1) is 27.4. The van der Waals surface area contributed by atoms with E-state index in [0.29, 0.717) is 21.8 Å². The van der Waals surface area contributed by atoms with E-state index in [2.05, 4.69) is 18.3 Å². The lowest BCUT2D eigenvalue weighted by atomic mass is 9.64. The Hall–Kier alpha value is -4.48. The van der Waals surface area contributed by atoms with E-state index in [-0.39, 0.29) is 17.5 Å². The molecule has 0 bridgehead atoms. The number of amides is 1. The van der Waals surface area contributed by atoms with Crippen molar-refractivity contribution in [3.05, 3.63) is 135 Å². The zero-order valence-corrected chi connectivity index (χ0v) is 24.8. The van der Waals surface area contributed by atoms with Gasteiger partial charge < -0.3 is 10.2 Å². The number of rotatable bonds is 6. The number of hydrogen-bond acceptors (Lipinski definition) is 4. The van der Waals surface area contributed by atoms with Crippen LogP contribution >= 0.6 is 11.6 Å². The molecule has 0 unspecified atom stereocenters. The van der Waals surface area contributed by atoms with E-state index in [1.165, 1.54) is 0 Å². The molecule has 1 N–H and O–H groups in total. The zero-order valence-electron chi connectivity index (χ0n) is 24.0. The average Bonchev–Trinajstić information content (AvgIpc) is 3.49. The van der Waals surface area contributed by atoms with Gasteiger partial charge in [0.1, 0.15) is 11.5 Å². The van der Waals surface area contributed by atoms with Crippen molar-refractivity contribution in [1.82, 2.24) is 0 Å². The zero-order chi connectivity index (χ0) is 29.9. The molecule has 214 valence electrons. The Kier molecular flexibility index (Phi) is 6.59. The van der Waals surface area contributed by atoms with Gasteiger partial charge in [0.05, 0.1) is 12.0 Å². The Balaban J connectivity index is 1.50. The van der Waals surface area contributed by atoms with Gasteiger partial charge in [-0.1, -0.05) is 91.2 Å². The quantitative estimate of drug-likeness (QED) is 0.238. The number of carbonyl (C=O) groups excluding carboxylic acids is 3. The monoisotopic (exact) mass is 586 g/mol. The Morgan fingerprint density at radius 3 is 2.35 bits per heavy atom. The fraction of sp³-hybridized carbons (Fsp3) is 0.216. The number of benzene rings is 4. The van der Waals surface area contributed by atoms with Gasteiger partial charge in [-0.25, -0.2) is 0 Å². The van der Waals surface area contributed by atoms with Crippen molar-refractivity contribution in [1.29, 1.82) is 0 Å². The molecule has 4 aromatic carbocycles. The Bertz CT molecular complexity index is 1810. The van der Waals surface area contributed by atoms with Crippen LogP contribution in [0.3, 0.4) is 0 Å². The molecule has 0 radical (unpaired) electrons. The van der Waals surface area contributed by atoms with Crippen molar-refractivity contribution in [2.24, 2.45) is 5.92 Å². The molecule has 43 heavy (non-hydrogen) atoms. The van der Waals surface area contributed by atoms with Gasteiger partial charge in [-0.15, -0.1) is 0 Å². The highest BCUT2D eigenvalue weighted by molar-refractivity contribution is 6.30. The van der Waals surface area contributed by atoms with Gasteiger partial charge in [-0.3, -0.25) is 14.4 Å². The number of carbonyl (C=O) groups is 3. The molecule has 1 spiro atoms. The normalized spacial score (nSPS) is 23.1. The molecule has 7 rings (SSSR count). The number of ketones is 2. The molecule has 3 heterocycles. The predicted octanol–water partition coefficient (Wildman–Crippen LogP) is 7.46. The average molecular weight is 587 g/mol. The van der Waals surface area contributed by atoms with Crippen LogP contribution in [-0.4, -0.2) is 29.6 Å². The standard InChI is InChI=1S/C37H31ClN2O3/c1-3-6-23-10-12-24(13-11-23)34(41)32-33(35(42)25-14-17-27(38)18-15-25)40-30-19-9-22(2)21-26(30)16-20-31(40)37(32)28-7-4-5-8-29(28)39-36(37)43/h4-5,7-21,31-33H,3,6H2,1-2H3,(H,39,43)/t31-,32+,33-,37+/m1/s1. The lowest BCUT2D eigenvalue weighted by molar-refractivity contribution is -0.121. The molecule has 3 aliphatic heterocycles. The van der Waals surface area contributed by atoms with Crippen molar-refractivity contribution in [3.63, 3.8) is 0 Å². The van der Waals surface area contributed by atoms with E-state index in [0.717, 1.165) is 40.8 Å². The van der Waals surface area contributed by atoms with E-state index in [1.807, 2.05) is 84.6 Å². The summed E-state index contributed by atoms with van der Waals surface area (Å²) in [5.74, 6) is -1.72. The largest absolute Gasteiger partial charge is 0.352 e. The highest BCUT2D eigenvalue weighted by Crippen LogP contribution is 2.58. The molecule has 4 aromatic rings. The molecule has 6 heteroatoms. The number of nitrogens with zero attached hydrogens (tertiary/aromatic N) is 1. The maximum atomic E-state index is 14.9.